The predicted molar refractivity (Wildman–Crippen MR) is 120 cm³/mol. The smallest absolute Gasteiger partial charge is 0.310 e. The molecule has 9 nitrogen and oxygen atoms in total. The van der Waals surface area contributed by atoms with Crippen molar-refractivity contribution in [3.63, 3.8) is 0 Å². The number of fused-ring (bicyclic) bond motifs is 2. The van der Waals surface area contributed by atoms with Crippen molar-refractivity contribution < 1.29 is 42.7 Å². The highest BCUT2D eigenvalue weighted by Gasteiger charge is 2.44. The molecule has 1 aliphatic carbocycles. The van der Waals surface area contributed by atoms with Crippen LogP contribution in [-0.4, -0.2) is 53.8 Å². The fraction of sp³-hybridized carbons (Fsp3) is 0.440. The van der Waals surface area contributed by atoms with Crippen molar-refractivity contribution in [2.45, 2.75) is 19.3 Å². The number of esters is 2. The minimum atomic E-state index is -0.639. The van der Waals surface area contributed by atoms with E-state index in [1.165, 1.54) is 35.4 Å². The van der Waals surface area contributed by atoms with Crippen molar-refractivity contribution in [2.75, 3.05) is 41.8 Å². The molecule has 0 radical (unpaired) electrons. The normalized spacial score (nSPS) is 20.2. The Kier molecular flexibility index (Phi) is 6.72. The second kappa shape index (κ2) is 9.70. The van der Waals surface area contributed by atoms with Gasteiger partial charge in [-0.15, -0.1) is 0 Å². The second-order valence-corrected chi connectivity index (χ2v) is 8.16. The standard InChI is InChI=1S/C25H28O9/c1-13(26)32-11-16-6-14-7-18-19(34-12-33-18)10-17(14)22(23(16)25(27)31-5)15-8-20(28-2)24(30-4)21(9-15)29-3/h7-10,16,22-23H,6,11-12H2,1-5H3/t16?,22-,23-/m1/s1. The Bertz CT molecular complexity index is 1070. The van der Waals surface area contributed by atoms with Gasteiger partial charge in [0, 0.05) is 18.8 Å². The van der Waals surface area contributed by atoms with Crippen molar-refractivity contribution in [2.24, 2.45) is 11.8 Å². The van der Waals surface area contributed by atoms with E-state index in [9.17, 15) is 9.59 Å². The molecule has 0 amide bonds. The first kappa shape index (κ1) is 23.5. The summed E-state index contributed by atoms with van der Waals surface area (Å²) in [6.45, 7) is 1.55. The minimum Gasteiger partial charge on any atom is -0.493 e. The van der Waals surface area contributed by atoms with E-state index in [0.29, 0.717) is 35.2 Å². The highest BCUT2D eigenvalue weighted by atomic mass is 16.7. The van der Waals surface area contributed by atoms with Gasteiger partial charge in [-0.2, -0.15) is 0 Å². The Balaban J connectivity index is 1.93. The van der Waals surface area contributed by atoms with Crippen LogP contribution in [0.2, 0.25) is 0 Å². The first-order valence-electron chi connectivity index (χ1n) is 10.8. The molecule has 1 aliphatic heterocycles. The molecule has 0 bridgehead atoms. The van der Waals surface area contributed by atoms with Gasteiger partial charge in [0.2, 0.25) is 12.5 Å². The SMILES string of the molecule is COC(=O)[C@@H]1C(COC(C)=O)Cc2cc3c(cc2[C@H]1c1cc(OC)c(OC)c(OC)c1)OCO3. The average Bonchev–Trinajstić information content (AvgIpc) is 3.30. The lowest BCUT2D eigenvalue weighted by atomic mass is 9.66. The van der Waals surface area contributed by atoms with Crippen molar-refractivity contribution >= 4 is 11.9 Å². The third-order valence-corrected chi connectivity index (χ3v) is 6.34. The topological polar surface area (TPSA) is 98.8 Å². The van der Waals surface area contributed by atoms with Crippen LogP contribution in [0.4, 0.5) is 0 Å². The molecule has 9 heteroatoms. The first-order chi connectivity index (χ1) is 16.4. The quantitative estimate of drug-likeness (QED) is 0.563. The Hall–Kier alpha value is -3.62. The molecule has 1 unspecified atom stereocenters. The summed E-state index contributed by atoms with van der Waals surface area (Å²) >= 11 is 0. The zero-order valence-electron chi connectivity index (χ0n) is 19.8. The Morgan fingerprint density at radius 1 is 0.941 bits per heavy atom. The second-order valence-electron chi connectivity index (χ2n) is 8.16. The van der Waals surface area contributed by atoms with Gasteiger partial charge < -0.3 is 33.2 Å². The molecule has 34 heavy (non-hydrogen) atoms. The minimum absolute atomic E-state index is 0.0733. The monoisotopic (exact) mass is 472 g/mol. The maximum atomic E-state index is 13.2. The molecule has 2 aliphatic rings. The molecule has 0 N–H and O–H groups in total. The lowest BCUT2D eigenvalue weighted by Crippen LogP contribution is -2.39. The summed E-state index contributed by atoms with van der Waals surface area (Å²) < 4.78 is 38.4. The van der Waals surface area contributed by atoms with Crippen molar-refractivity contribution in [1.29, 1.82) is 0 Å². The van der Waals surface area contributed by atoms with Crippen LogP contribution in [0.25, 0.3) is 0 Å². The molecule has 0 saturated heterocycles. The zero-order valence-corrected chi connectivity index (χ0v) is 19.8. The lowest BCUT2D eigenvalue weighted by molar-refractivity contribution is -0.153. The molecule has 4 rings (SSSR count). The number of methoxy groups -OCH3 is 4. The van der Waals surface area contributed by atoms with Crippen LogP contribution >= 0.6 is 0 Å². The Morgan fingerprint density at radius 2 is 1.59 bits per heavy atom. The molecular formula is C25H28O9. The van der Waals surface area contributed by atoms with Crippen LogP contribution in [0.5, 0.6) is 28.7 Å². The van der Waals surface area contributed by atoms with Gasteiger partial charge in [-0.05, 0) is 47.4 Å². The molecule has 182 valence electrons. The maximum Gasteiger partial charge on any atom is 0.310 e. The zero-order chi connectivity index (χ0) is 24.4. The van der Waals surface area contributed by atoms with Crippen LogP contribution in [0.15, 0.2) is 24.3 Å². The van der Waals surface area contributed by atoms with E-state index in [1.807, 2.05) is 24.3 Å². The highest BCUT2D eigenvalue weighted by Crippen LogP contribution is 2.51. The van der Waals surface area contributed by atoms with E-state index in [-0.39, 0.29) is 19.3 Å². The fourth-order valence-electron chi connectivity index (χ4n) is 4.86. The summed E-state index contributed by atoms with van der Waals surface area (Å²) in [7, 11) is 5.96. The molecular weight excluding hydrogens is 444 g/mol. The van der Waals surface area contributed by atoms with E-state index in [0.717, 1.165) is 16.7 Å². The largest absolute Gasteiger partial charge is 0.493 e. The van der Waals surface area contributed by atoms with Crippen LogP contribution in [-0.2, 0) is 25.5 Å². The predicted octanol–water partition coefficient (Wildman–Crippen LogP) is 3.10. The van der Waals surface area contributed by atoms with Crippen LogP contribution in [0.3, 0.4) is 0 Å². The summed E-state index contributed by atoms with van der Waals surface area (Å²) in [5.41, 5.74) is 2.63. The number of carbonyl (C=O) groups excluding carboxylic acids is 2. The van der Waals surface area contributed by atoms with Gasteiger partial charge in [-0.3, -0.25) is 9.59 Å². The van der Waals surface area contributed by atoms with E-state index < -0.39 is 23.8 Å². The maximum absolute atomic E-state index is 13.2. The van der Waals surface area contributed by atoms with E-state index >= 15 is 0 Å². The lowest BCUT2D eigenvalue weighted by Gasteiger charge is -2.38. The third-order valence-electron chi connectivity index (χ3n) is 6.34. The first-order valence-corrected chi connectivity index (χ1v) is 10.8. The van der Waals surface area contributed by atoms with Gasteiger partial charge in [0.1, 0.15) is 0 Å². The van der Waals surface area contributed by atoms with Gasteiger partial charge in [-0.25, -0.2) is 0 Å². The number of hydrogen-bond acceptors (Lipinski definition) is 9. The molecule has 1 heterocycles. The molecule has 0 saturated carbocycles. The van der Waals surface area contributed by atoms with Gasteiger partial charge in [0.15, 0.2) is 23.0 Å². The van der Waals surface area contributed by atoms with Crippen LogP contribution < -0.4 is 23.7 Å². The molecule has 0 spiro atoms. The molecule has 3 atom stereocenters. The van der Waals surface area contributed by atoms with Crippen molar-refractivity contribution in [3.05, 3.63) is 41.0 Å². The van der Waals surface area contributed by atoms with E-state index in [1.54, 1.807) is 0 Å². The summed E-state index contributed by atoms with van der Waals surface area (Å²) in [4.78, 5) is 24.8. The van der Waals surface area contributed by atoms with Gasteiger partial charge in [0.05, 0.1) is 41.0 Å². The summed E-state index contributed by atoms with van der Waals surface area (Å²) in [5.74, 6) is 0.386. The fourth-order valence-corrected chi connectivity index (χ4v) is 4.86. The number of rotatable bonds is 7. The molecule has 2 aromatic carbocycles. The number of carbonyl (C=O) groups is 2. The molecule has 0 aromatic heterocycles. The number of ether oxygens (including phenoxy) is 7. The van der Waals surface area contributed by atoms with Crippen LogP contribution in [0, 0.1) is 11.8 Å². The van der Waals surface area contributed by atoms with E-state index in [4.69, 9.17) is 33.2 Å². The Labute approximate surface area is 197 Å². The summed E-state index contributed by atoms with van der Waals surface area (Å²) in [6, 6.07) is 7.48. The number of hydrogen-bond donors (Lipinski definition) is 0. The van der Waals surface area contributed by atoms with Gasteiger partial charge in [0.25, 0.3) is 0 Å². The third kappa shape index (κ3) is 4.18. The highest BCUT2D eigenvalue weighted by molar-refractivity contribution is 5.77. The van der Waals surface area contributed by atoms with E-state index in [2.05, 4.69) is 0 Å². The van der Waals surface area contributed by atoms with Crippen molar-refractivity contribution in [3.8, 4) is 28.7 Å². The number of benzene rings is 2. The average molecular weight is 472 g/mol. The van der Waals surface area contributed by atoms with Crippen molar-refractivity contribution in [1.82, 2.24) is 0 Å². The van der Waals surface area contributed by atoms with Gasteiger partial charge >= 0.3 is 11.9 Å². The summed E-state index contributed by atoms with van der Waals surface area (Å²) in [6.07, 6.45) is 0.500. The summed E-state index contributed by atoms with van der Waals surface area (Å²) in [5, 5.41) is 0. The molecule has 2 aromatic rings. The van der Waals surface area contributed by atoms with Crippen LogP contribution in [0.1, 0.15) is 29.5 Å². The molecule has 0 fully saturated rings. The van der Waals surface area contributed by atoms with Gasteiger partial charge in [-0.1, -0.05) is 0 Å². The Morgan fingerprint density at radius 3 is 2.15 bits per heavy atom.